The number of halogens is 1. The van der Waals surface area contributed by atoms with Crippen molar-refractivity contribution in [1.29, 1.82) is 0 Å². The summed E-state index contributed by atoms with van der Waals surface area (Å²) in [5.41, 5.74) is 0.919. The molecule has 0 saturated carbocycles. The molecule has 0 bridgehead atoms. The lowest BCUT2D eigenvalue weighted by Gasteiger charge is -2.18. The van der Waals surface area contributed by atoms with Gasteiger partial charge in [0.05, 0.1) is 22.4 Å². The van der Waals surface area contributed by atoms with Crippen molar-refractivity contribution in [3.8, 4) is 0 Å². The van der Waals surface area contributed by atoms with Crippen LogP contribution in [0.3, 0.4) is 0 Å². The van der Waals surface area contributed by atoms with Crippen LogP contribution in [0.25, 0.3) is 0 Å². The Morgan fingerprint density at radius 1 is 1.50 bits per heavy atom. The van der Waals surface area contributed by atoms with Crippen LogP contribution in [-0.4, -0.2) is 47.5 Å². The predicted octanol–water partition coefficient (Wildman–Crippen LogP) is 2.42. The molecule has 0 aliphatic carbocycles. The highest BCUT2D eigenvalue weighted by molar-refractivity contribution is 6.33. The van der Waals surface area contributed by atoms with Gasteiger partial charge >= 0.3 is 5.97 Å². The van der Waals surface area contributed by atoms with Crippen LogP contribution in [0.4, 0.5) is 5.82 Å². The summed E-state index contributed by atoms with van der Waals surface area (Å²) in [4.78, 5) is 17.2. The number of ether oxygens (including phenoxy) is 1. The number of carboxylic acid groups (broad SMARTS) is 1. The molecular weight excluding hydrogens is 334 g/mol. The lowest BCUT2D eigenvalue weighted by Crippen LogP contribution is -2.24. The normalized spacial score (nSPS) is 20.5. The van der Waals surface area contributed by atoms with Gasteiger partial charge in [0, 0.05) is 44.8 Å². The van der Waals surface area contributed by atoms with E-state index in [1.165, 1.54) is 12.3 Å². The van der Waals surface area contributed by atoms with Gasteiger partial charge in [0.15, 0.2) is 0 Å². The number of carbonyl (C=O) groups is 1. The maximum atomic E-state index is 11.0. The Morgan fingerprint density at radius 2 is 2.29 bits per heavy atom. The molecule has 0 unspecified atom stereocenters. The Labute approximate surface area is 144 Å². The number of pyridine rings is 1. The fourth-order valence-electron chi connectivity index (χ4n) is 3.03. The summed E-state index contributed by atoms with van der Waals surface area (Å²) >= 11 is 6.22. The first-order valence-corrected chi connectivity index (χ1v) is 7.94. The first-order valence-electron chi connectivity index (χ1n) is 7.56. The summed E-state index contributed by atoms with van der Waals surface area (Å²) in [7, 11) is 1.68. The van der Waals surface area contributed by atoms with Crippen molar-refractivity contribution in [3.63, 3.8) is 0 Å². The molecule has 2 aromatic rings. The van der Waals surface area contributed by atoms with Gasteiger partial charge in [-0.3, -0.25) is 0 Å². The molecule has 0 aromatic carbocycles. The van der Waals surface area contributed by atoms with Gasteiger partial charge in [0.2, 0.25) is 0 Å². The van der Waals surface area contributed by atoms with E-state index in [1.54, 1.807) is 7.11 Å². The van der Waals surface area contributed by atoms with E-state index >= 15 is 0 Å². The van der Waals surface area contributed by atoms with Gasteiger partial charge in [0.1, 0.15) is 11.6 Å². The number of anilines is 1. The van der Waals surface area contributed by atoms with E-state index in [9.17, 15) is 4.79 Å². The highest BCUT2D eigenvalue weighted by Gasteiger charge is 2.35. The maximum Gasteiger partial charge on any atom is 0.337 e. The monoisotopic (exact) mass is 351 g/mol. The first kappa shape index (κ1) is 16.7. The summed E-state index contributed by atoms with van der Waals surface area (Å²) in [6, 6.07) is 3.34. The van der Waals surface area contributed by atoms with Crippen LogP contribution in [-0.2, 0) is 11.2 Å². The zero-order valence-electron chi connectivity index (χ0n) is 13.4. The fraction of sp³-hybridized carbons (Fsp3) is 0.438. The van der Waals surface area contributed by atoms with Crippen LogP contribution in [0, 0.1) is 12.8 Å². The zero-order chi connectivity index (χ0) is 17.3. The van der Waals surface area contributed by atoms with E-state index in [-0.39, 0.29) is 17.6 Å². The van der Waals surface area contributed by atoms with Gasteiger partial charge < -0.3 is 19.3 Å². The highest BCUT2D eigenvalue weighted by atomic mass is 35.5. The van der Waals surface area contributed by atoms with Crippen LogP contribution in [0.2, 0.25) is 5.02 Å². The second kappa shape index (κ2) is 6.78. The standard InChI is InChI=1S/C16H18ClN3O4/c1-9-3-12(24-19-9)4-11-7-20(8-14(11)23-2)15-13(17)5-10(6-18-15)16(21)22/h3,5-6,11,14H,4,7-8H2,1-2H3,(H,21,22)/t11-,14+/m1/s1. The van der Waals surface area contributed by atoms with E-state index in [1.807, 2.05) is 17.9 Å². The SMILES string of the molecule is CO[C@H]1CN(c2ncc(C(=O)O)cc2Cl)C[C@H]1Cc1cc(C)no1. The molecule has 3 heterocycles. The number of hydrogen-bond acceptors (Lipinski definition) is 6. The van der Waals surface area contributed by atoms with Crippen LogP contribution < -0.4 is 4.90 Å². The van der Waals surface area contributed by atoms with Gasteiger partial charge in [-0.1, -0.05) is 16.8 Å². The molecule has 0 radical (unpaired) electrons. The first-order chi connectivity index (χ1) is 11.5. The second-order valence-electron chi connectivity index (χ2n) is 5.91. The molecule has 7 nitrogen and oxygen atoms in total. The summed E-state index contributed by atoms with van der Waals surface area (Å²) in [5, 5.41) is 13.2. The number of carboxylic acids is 1. The van der Waals surface area contributed by atoms with Crippen molar-refractivity contribution < 1.29 is 19.2 Å². The molecular formula is C16H18ClN3O4. The molecule has 8 heteroatoms. The van der Waals surface area contributed by atoms with Gasteiger partial charge in [-0.25, -0.2) is 9.78 Å². The minimum atomic E-state index is -1.05. The predicted molar refractivity (Wildman–Crippen MR) is 87.7 cm³/mol. The van der Waals surface area contributed by atoms with Crippen LogP contribution in [0.1, 0.15) is 21.8 Å². The van der Waals surface area contributed by atoms with Crippen molar-refractivity contribution in [2.75, 3.05) is 25.1 Å². The molecule has 1 N–H and O–H groups in total. The molecule has 0 spiro atoms. The van der Waals surface area contributed by atoms with E-state index < -0.39 is 5.97 Å². The Morgan fingerprint density at radius 3 is 2.88 bits per heavy atom. The van der Waals surface area contributed by atoms with Crippen molar-refractivity contribution in [2.45, 2.75) is 19.4 Å². The van der Waals surface area contributed by atoms with Crippen LogP contribution in [0.15, 0.2) is 22.9 Å². The Hall–Kier alpha value is -2.12. The number of hydrogen-bond donors (Lipinski definition) is 1. The zero-order valence-corrected chi connectivity index (χ0v) is 14.2. The average molecular weight is 352 g/mol. The van der Waals surface area contributed by atoms with Crippen molar-refractivity contribution >= 4 is 23.4 Å². The third kappa shape index (κ3) is 3.37. The smallest absolute Gasteiger partial charge is 0.337 e. The number of nitrogens with zero attached hydrogens (tertiary/aromatic N) is 3. The fourth-order valence-corrected chi connectivity index (χ4v) is 3.31. The number of aromatic carboxylic acids is 1. The second-order valence-corrected chi connectivity index (χ2v) is 6.32. The third-order valence-electron chi connectivity index (χ3n) is 4.19. The molecule has 2 aromatic heterocycles. The summed E-state index contributed by atoms with van der Waals surface area (Å²) in [5.74, 6) is 0.548. The summed E-state index contributed by atoms with van der Waals surface area (Å²) in [6.07, 6.45) is 2.03. The molecule has 2 atom stereocenters. The Bertz CT molecular complexity index is 749. The van der Waals surface area contributed by atoms with E-state index in [2.05, 4.69) is 10.1 Å². The number of rotatable bonds is 5. The largest absolute Gasteiger partial charge is 0.478 e. The van der Waals surface area contributed by atoms with E-state index in [0.717, 1.165) is 11.5 Å². The lowest BCUT2D eigenvalue weighted by atomic mass is 10.0. The van der Waals surface area contributed by atoms with Gasteiger partial charge in [-0.2, -0.15) is 0 Å². The van der Waals surface area contributed by atoms with Crippen molar-refractivity contribution in [2.24, 2.45) is 5.92 Å². The summed E-state index contributed by atoms with van der Waals surface area (Å²) in [6.45, 7) is 3.21. The average Bonchev–Trinajstić information content (AvgIpc) is 3.13. The molecule has 24 heavy (non-hydrogen) atoms. The van der Waals surface area contributed by atoms with Crippen molar-refractivity contribution in [3.05, 3.63) is 40.4 Å². The van der Waals surface area contributed by atoms with Gasteiger partial charge in [-0.15, -0.1) is 0 Å². The maximum absolute atomic E-state index is 11.0. The molecule has 128 valence electrons. The molecule has 3 rings (SSSR count). The number of aryl methyl sites for hydroxylation is 1. The molecule has 1 saturated heterocycles. The van der Waals surface area contributed by atoms with E-state index in [0.29, 0.717) is 30.4 Å². The number of aromatic nitrogens is 2. The van der Waals surface area contributed by atoms with Crippen LogP contribution >= 0.6 is 11.6 Å². The van der Waals surface area contributed by atoms with Gasteiger partial charge in [-0.05, 0) is 13.0 Å². The molecule has 1 fully saturated rings. The minimum absolute atomic E-state index is 0.00687. The third-order valence-corrected chi connectivity index (χ3v) is 4.47. The lowest BCUT2D eigenvalue weighted by molar-refractivity contribution is 0.0696. The molecule has 0 amide bonds. The summed E-state index contributed by atoms with van der Waals surface area (Å²) < 4.78 is 10.9. The molecule has 1 aliphatic heterocycles. The van der Waals surface area contributed by atoms with Crippen molar-refractivity contribution in [1.82, 2.24) is 10.1 Å². The molecule has 1 aliphatic rings. The van der Waals surface area contributed by atoms with Gasteiger partial charge in [0.25, 0.3) is 0 Å². The van der Waals surface area contributed by atoms with Crippen LogP contribution in [0.5, 0.6) is 0 Å². The quantitative estimate of drug-likeness (QED) is 0.884. The highest BCUT2D eigenvalue weighted by Crippen LogP contribution is 2.31. The minimum Gasteiger partial charge on any atom is -0.478 e. The van der Waals surface area contributed by atoms with E-state index in [4.69, 9.17) is 26.0 Å². The number of methoxy groups -OCH3 is 1. The Kier molecular flexibility index (Phi) is 4.73. The Balaban J connectivity index is 1.77. The topological polar surface area (TPSA) is 88.7 Å².